The van der Waals surface area contributed by atoms with Gasteiger partial charge >= 0.3 is 0 Å². The highest BCUT2D eigenvalue weighted by Gasteiger charge is 2.28. The van der Waals surface area contributed by atoms with Crippen LogP contribution < -0.4 is 5.32 Å². The van der Waals surface area contributed by atoms with Crippen molar-refractivity contribution in [2.45, 2.75) is 43.9 Å². The van der Waals surface area contributed by atoms with E-state index in [4.69, 9.17) is 11.6 Å². The highest BCUT2D eigenvalue weighted by Crippen LogP contribution is 2.38. The molecule has 2 atom stereocenters. The van der Waals surface area contributed by atoms with Gasteiger partial charge in [-0.1, -0.05) is 31.0 Å². The molecule has 0 bridgehead atoms. The smallest absolute Gasteiger partial charge is 0.147 e. The maximum Gasteiger partial charge on any atom is 0.147 e. The van der Waals surface area contributed by atoms with E-state index in [1.165, 1.54) is 18.6 Å². The number of nitrogens with one attached hydrogen (secondary N) is 1. The highest BCUT2D eigenvalue weighted by molar-refractivity contribution is 9.10. The second kappa shape index (κ2) is 8.02. The van der Waals surface area contributed by atoms with Crippen molar-refractivity contribution in [3.05, 3.63) is 33.0 Å². The molecular formula is C15H20BrClFNS. The van der Waals surface area contributed by atoms with E-state index in [0.29, 0.717) is 15.3 Å². The van der Waals surface area contributed by atoms with Crippen LogP contribution in [0.25, 0.3) is 0 Å². The lowest BCUT2D eigenvalue weighted by Gasteiger charge is -2.31. The first-order valence-corrected chi connectivity index (χ1v) is 9.35. The van der Waals surface area contributed by atoms with Crippen LogP contribution >= 0.6 is 39.3 Å². The van der Waals surface area contributed by atoms with Crippen LogP contribution in [0.4, 0.5) is 4.39 Å². The van der Waals surface area contributed by atoms with Crippen molar-refractivity contribution < 1.29 is 4.39 Å². The quantitative estimate of drug-likeness (QED) is 0.670. The molecule has 0 amide bonds. The van der Waals surface area contributed by atoms with Crippen LogP contribution in [0.5, 0.6) is 0 Å². The van der Waals surface area contributed by atoms with Gasteiger partial charge in [0.15, 0.2) is 0 Å². The molecule has 1 aromatic rings. The monoisotopic (exact) mass is 379 g/mol. The van der Waals surface area contributed by atoms with Gasteiger partial charge in [0.2, 0.25) is 0 Å². The molecule has 1 aliphatic rings. The summed E-state index contributed by atoms with van der Waals surface area (Å²) in [5, 5.41) is 4.13. The summed E-state index contributed by atoms with van der Waals surface area (Å²) in [5.74, 6) is 0.877. The summed E-state index contributed by atoms with van der Waals surface area (Å²) < 4.78 is 15.1. The van der Waals surface area contributed by atoms with E-state index in [2.05, 4.69) is 28.2 Å². The molecule has 0 saturated carbocycles. The van der Waals surface area contributed by atoms with E-state index < -0.39 is 0 Å². The van der Waals surface area contributed by atoms with Gasteiger partial charge in [0.05, 0.1) is 5.02 Å². The van der Waals surface area contributed by atoms with Crippen molar-refractivity contribution in [1.82, 2.24) is 5.32 Å². The molecule has 0 spiro atoms. The fraction of sp³-hybridized carbons (Fsp3) is 0.600. The average Bonchev–Trinajstić information content (AvgIpc) is 2.48. The van der Waals surface area contributed by atoms with Crippen molar-refractivity contribution in [3.63, 3.8) is 0 Å². The van der Waals surface area contributed by atoms with Gasteiger partial charge in [-0.05, 0) is 53.6 Å². The minimum absolute atomic E-state index is 0.0471. The summed E-state index contributed by atoms with van der Waals surface area (Å²) in [6.45, 7) is 3.03. The first-order chi connectivity index (χ1) is 9.65. The van der Waals surface area contributed by atoms with Crippen molar-refractivity contribution >= 4 is 39.3 Å². The van der Waals surface area contributed by atoms with Crippen LogP contribution in [0.2, 0.25) is 5.02 Å². The van der Waals surface area contributed by atoms with E-state index in [0.717, 1.165) is 19.4 Å². The second-order valence-corrected chi connectivity index (χ2v) is 7.68. The molecule has 0 aliphatic carbocycles. The van der Waals surface area contributed by atoms with E-state index >= 15 is 0 Å². The van der Waals surface area contributed by atoms with Gasteiger partial charge in [-0.2, -0.15) is 11.8 Å². The standard InChI is InChI=1S/C15H20BrClFNS/c1-2-8-19-15(12-5-3-4-9-20-12)10-6-7-11(16)13(17)14(10)18/h6-7,12,15,19H,2-5,8-9H2,1H3. The van der Waals surface area contributed by atoms with Gasteiger partial charge in [0, 0.05) is 21.3 Å². The number of rotatable bonds is 5. The molecule has 112 valence electrons. The molecule has 1 N–H and O–H groups in total. The fourth-order valence-electron chi connectivity index (χ4n) is 2.55. The zero-order valence-corrected chi connectivity index (χ0v) is 14.8. The van der Waals surface area contributed by atoms with Gasteiger partial charge in [0.1, 0.15) is 5.82 Å². The van der Waals surface area contributed by atoms with Crippen molar-refractivity contribution in [1.29, 1.82) is 0 Å². The lowest BCUT2D eigenvalue weighted by atomic mass is 9.98. The molecule has 2 rings (SSSR count). The molecule has 1 nitrogen and oxygen atoms in total. The van der Waals surface area contributed by atoms with E-state index in [9.17, 15) is 4.39 Å². The first-order valence-electron chi connectivity index (χ1n) is 7.13. The van der Waals surface area contributed by atoms with Gasteiger partial charge < -0.3 is 5.32 Å². The van der Waals surface area contributed by atoms with Crippen LogP contribution in [-0.2, 0) is 0 Å². The minimum atomic E-state index is -0.291. The molecule has 1 heterocycles. The van der Waals surface area contributed by atoms with E-state index in [1.54, 1.807) is 0 Å². The Balaban J connectivity index is 2.27. The predicted octanol–water partition coefficient (Wildman–Crippen LogP) is 5.57. The maximum absolute atomic E-state index is 14.5. The van der Waals surface area contributed by atoms with Crippen molar-refractivity contribution in [2.75, 3.05) is 12.3 Å². The van der Waals surface area contributed by atoms with Crippen LogP contribution in [0.3, 0.4) is 0 Å². The molecule has 1 aliphatic heterocycles. The Morgan fingerprint density at radius 3 is 2.95 bits per heavy atom. The molecule has 1 saturated heterocycles. The first kappa shape index (κ1) is 16.6. The van der Waals surface area contributed by atoms with Crippen molar-refractivity contribution in [3.8, 4) is 0 Å². The molecule has 0 radical (unpaired) electrons. The third kappa shape index (κ3) is 3.90. The minimum Gasteiger partial charge on any atom is -0.309 e. The topological polar surface area (TPSA) is 12.0 Å². The zero-order chi connectivity index (χ0) is 14.5. The van der Waals surface area contributed by atoms with Crippen LogP contribution in [0.1, 0.15) is 44.2 Å². The number of thioether (sulfide) groups is 1. The molecule has 1 aromatic carbocycles. The summed E-state index contributed by atoms with van der Waals surface area (Å²) >= 11 is 11.3. The van der Waals surface area contributed by atoms with Crippen LogP contribution in [0, 0.1) is 5.82 Å². The Kier molecular flexibility index (Phi) is 6.66. The number of hydrogen-bond donors (Lipinski definition) is 1. The Labute approximate surface area is 138 Å². The average molecular weight is 381 g/mol. The fourth-order valence-corrected chi connectivity index (χ4v) is 4.47. The summed E-state index contributed by atoms with van der Waals surface area (Å²) in [6.07, 6.45) is 4.68. The summed E-state index contributed by atoms with van der Waals surface area (Å²) in [6, 6.07) is 3.74. The van der Waals surface area contributed by atoms with Gasteiger partial charge in [0.25, 0.3) is 0 Å². The highest BCUT2D eigenvalue weighted by atomic mass is 79.9. The maximum atomic E-state index is 14.5. The van der Waals surface area contributed by atoms with E-state index in [1.807, 2.05) is 23.9 Å². The lowest BCUT2D eigenvalue weighted by molar-refractivity contribution is 0.459. The normalized spacial score (nSPS) is 20.9. The number of halogens is 3. The molecule has 0 aromatic heterocycles. The molecular weight excluding hydrogens is 361 g/mol. The molecule has 1 fully saturated rings. The predicted molar refractivity (Wildman–Crippen MR) is 90.2 cm³/mol. The summed E-state index contributed by atoms with van der Waals surface area (Å²) in [7, 11) is 0. The second-order valence-electron chi connectivity index (χ2n) is 5.10. The molecule has 2 unspecified atom stereocenters. The van der Waals surface area contributed by atoms with E-state index in [-0.39, 0.29) is 16.9 Å². The van der Waals surface area contributed by atoms with Gasteiger partial charge in [-0.25, -0.2) is 4.39 Å². The summed E-state index contributed by atoms with van der Waals surface area (Å²) in [4.78, 5) is 0. The SMILES string of the molecule is CCCNC(c1ccc(Br)c(Cl)c1F)C1CCCCS1. The number of hydrogen-bond acceptors (Lipinski definition) is 2. The van der Waals surface area contributed by atoms with Gasteiger partial charge in [-0.15, -0.1) is 0 Å². The summed E-state index contributed by atoms with van der Waals surface area (Å²) in [5.41, 5.74) is 0.700. The Hall–Kier alpha value is 0.230. The zero-order valence-electron chi connectivity index (χ0n) is 11.6. The Morgan fingerprint density at radius 1 is 1.50 bits per heavy atom. The third-order valence-corrected chi connectivity index (χ3v) is 6.32. The molecule has 5 heteroatoms. The number of benzene rings is 1. The van der Waals surface area contributed by atoms with Crippen LogP contribution in [-0.4, -0.2) is 17.5 Å². The van der Waals surface area contributed by atoms with Crippen molar-refractivity contribution in [2.24, 2.45) is 0 Å². The molecule has 20 heavy (non-hydrogen) atoms. The van der Waals surface area contributed by atoms with Crippen LogP contribution in [0.15, 0.2) is 16.6 Å². The lowest BCUT2D eigenvalue weighted by Crippen LogP contribution is -2.33. The third-order valence-electron chi connectivity index (χ3n) is 3.60. The Bertz CT molecular complexity index is 452. The van der Waals surface area contributed by atoms with Gasteiger partial charge in [-0.3, -0.25) is 0 Å². The largest absolute Gasteiger partial charge is 0.309 e. The Morgan fingerprint density at radius 2 is 2.30 bits per heavy atom.